The number of nitrogens with zero attached hydrogens (tertiary/aromatic N) is 1. The Morgan fingerprint density at radius 3 is 2.86 bits per heavy atom. The lowest BCUT2D eigenvalue weighted by molar-refractivity contribution is -0.130. The quantitative estimate of drug-likeness (QED) is 0.874. The maximum Gasteiger partial charge on any atom is 0.348 e. The summed E-state index contributed by atoms with van der Waals surface area (Å²) in [7, 11) is 0. The summed E-state index contributed by atoms with van der Waals surface area (Å²) in [5.74, 6) is -1.07. The van der Waals surface area contributed by atoms with Gasteiger partial charge in [-0.1, -0.05) is 18.2 Å². The molecule has 21 heavy (non-hydrogen) atoms. The molecule has 1 aliphatic heterocycles. The number of imide groups is 1. The Bertz CT molecular complexity index is 692. The molecule has 6 nitrogen and oxygen atoms in total. The maximum absolute atomic E-state index is 11.9. The van der Waals surface area contributed by atoms with E-state index in [1.165, 1.54) is 11.3 Å². The molecule has 2 heterocycles. The van der Waals surface area contributed by atoms with Gasteiger partial charge in [0, 0.05) is 17.8 Å². The van der Waals surface area contributed by atoms with Crippen molar-refractivity contribution in [3.8, 4) is 0 Å². The average Bonchev–Trinajstić information content (AvgIpc) is 3.10. The van der Waals surface area contributed by atoms with E-state index in [2.05, 4.69) is 5.32 Å². The van der Waals surface area contributed by atoms with E-state index in [0.717, 1.165) is 15.0 Å². The first-order valence-electron chi connectivity index (χ1n) is 6.39. The van der Waals surface area contributed by atoms with Gasteiger partial charge in [0.1, 0.15) is 4.88 Å². The van der Waals surface area contributed by atoms with Gasteiger partial charge in [-0.15, -0.1) is 11.3 Å². The Hall–Kier alpha value is -2.41. The van der Waals surface area contributed by atoms with Crippen LogP contribution in [0.1, 0.15) is 9.67 Å². The summed E-state index contributed by atoms with van der Waals surface area (Å²) in [5.41, 5.74) is 0. The summed E-state index contributed by atoms with van der Waals surface area (Å²) in [6.07, 6.45) is 0. The minimum atomic E-state index is -0.552. The van der Waals surface area contributed by atoms with Crippen LogP contribution in [-0.2, 0) is 9.53 Å². The second-order valence-corrected chi connectivity index (χ2v) is 5.59. The van der Waals surface area contributed by atoms with Crippen LogP contribution in [-0.4, -0.2) is 42.5 Å². The minimum absolute atomic E-state index is 0.304. The van der Waals surface area contributed by atoms with Crippen LogP contribution < -0.4 is 5.32 Å². The first-order chi connectivity index (χ1) is 10.1. The second kappa shape index (κ2) is 5.53. The fourth-order valence-electron chi connectivity index (χ4n) is 2.07. The van der Waals surface area contributed by atoms with Crippen molar-refractivity contribution in [2.75, 3.05) is 19.7 Å². The number of benzene rings is 1. The van der Waals surface area contributed by atoms with Crippen LogP contribution >= 0.6 is 11.3 Å². The number of carbonyl (C=O) groups excluding carboxylic acids is 3. The topological polar surface area (TPSA) is 75.7 Å². The fraction of sp³-hybridized carbons (Fsp3) is 0.214. The van der Waals surface area contributed by atoms with Gasteiger partial charge in [-0.3, -0.25) is 9.69 Å². The molecule has 1 saturated heterocycles. The number of thiophene rings is 1. The van der Waals surface area contributed by atoms with E-state index in [-0.39, 0.29) is 0 Å². The van der Waals surface area contributed by atoms with E-state index in [1.54, 1.807) is 6.07 Å². The number of nitrogens with one attached hydrogen (secondary N) is 1. The molecule has 0 radical (unpaired) electrons. The van der Waals surface area contributed by atoms with E-state index in [9.17, 15) is 14.4 Å². The van der Waals surface area contributed by atoms with Gasteiger partial charge in [-0.2, -0.15) is 0 Å². The first-order valence-corrected chi connectivity index (χ1v) is 7.21. The molecule has 0 atom stereocenters. The van der Waals surface area contributed by atoms with E-state index < -0.39 is 24.5 Å². The number of hydrogen-bond acceptors (Lipinski definition) is 5. The van der Waals surface area contributed by atoms with Crippen LogP contribution in [0.4, 0.5) is 4.79 Å². The van der Waals surface area contributed by atoms with Crippen molar-refractivity contribution in [3.63, 3.8) is 0 Å². The van der Waals surface area contributed by atoms with Gasteiger partial charge < -0.3 is 10.1 Å². The van der Waals surface area contributed by atoms with Crippen LogP contribution in [0, 0.1) is 0 Å². The molecule has 108 valence electrons. The lowest BCUT2D eigenvalue weighted by Gasteiger charge is -2.11. The number of fused-ring (bicyclic) bond motifs is 1. The monoisotopic (exact) mass is 304 g/mol. The minimum Gasteiger partial charge on any atom is -0.451 e. The Morgan fingerprint density at radius 2 is 2.14 bits per heavy atom. The molecule has 0 bridgehead atoms. The Balaban J connectivity index is 1.63. The lowest BCUT2D eigenvalue weighted by Crippen LogP contribution is -2.37. The molecule has 2 aromatic rings. The Morgan fingerprint density at radius 1 is 1.33 bits per heavy atom. The normalized spacial score (nSPS) is 14.3. The molecule has 3 amide bonds. The van der Waals surface area contributed by atoms with Crippen molar-refractivity contribution < 1.29 is 19.1 Å². The molecule has 0 aliphatic carbocycles. The second-order valence-electron chi connectivity index (χ2n) is 4.50. The first kappa shape index (κ1) is 13.6. The molecular weight excluding hydrogens is 292 g/mol. The Labute approximate surface area is 124 Å². The van der Waals surface area contributed by atoms with Gasteiger partial charge >= 0.3 is 12.0 Å². The molecule has 1 aliphatic rings. The van der Waals surface area contributed by atoms with Crippen molar-refractivity contribution in [3.05, 3.63) is 35.2 Å². The third-order valence-electron chi connectivity index (χ3n) is 3.11. The molecule has 1 fully saturated rings. The standard InChI is InChI=1S/C14H12N2O4S/c17-12(16-6-5-15-14(16)19)8-20-13(18)11-7-9-3-1-2-4-10(9)21-11/h1-4,7H,5-6,8H2,(H,15,19). The SMILES string of the molecule is O=C(OCC(=O)N1CCNC1=O)c1cc2ccccc2s1. The van der Waals surface area contributed by atoms with Crippen LogP contribution in [0.5, 0.6) is 0 Å². The number of ether oxygens (including phenoxy) is 1. The zero-order valence-corrected chi connectivity index (χ0v) is 11.8. The highest BCUT2D eigenvalue weighted by Gasteiger charge is 2.27. The molecule has 0 saturated carbocycles. The summed E-state index contributed by atoms with van der Waals surface area (Å²) in [5, 5.41) is 3.47. The van der Waals surface area contributed by atoms with E-state index in [4.69, 9.17) is 4.74 Å². The van der Waals surface area contributed by atoms with Gasteiger partial charge in [0.05, 0.1) is 0 Å². The highest BCUT2D eigenvalue weighted by atomic mass is 32.1. The Kier molecular flexibility index (Phi) is 3.57. The molecule has 3 rings (SSSR count). The zero-order valence-electron chi connectivity index (χ0n) is 11.0. The van der Waals surface area contributed by atoms with Crippen LogP contribution in [0.3, 0.4) is 0 Å². The fourth-order valence-corrected chi connectivity index (χ4v) is 3.02. The smallest absolute Gasteiger partial charge is 0.348 e. The van der Waals surface area contributed by atoms with Crippen LogP contribution in [0.2, 0.25) is 0 Å². The summed E-state index contributed by atoms with van der Waals surface area (Å²) < 4.78 is 5.96. The van der Waals surface area contributed by atoms with Crippen LogP contribution in [0.25, 0.3) is 10.1 Å². The lowest BCUT2D eigenvalue weighted by atomic mass is 10.2. The van der Waals surface area contributed by atoms with Crippen molar-refractivity contribution >= 4 is 39.3 Å². The number of amides is 3. The van der Waals surface area contributed by atoms with Crippen molar-refractivity contribution in [1.82, 2.24) is 10.2 Å². The molecule has 0 spiro atoms. The predicted molar refractivity (Wildman–Crippen MR) is 77.2 cm³/mol. The summed E-state index contributed by atoms with van der Waals surface area (Å²) in [6.45, 7) is 0.299. The number of urea groups is 1. The number of rotatable bonds is 3. The molecular formula is C14H12N2O4S. The van der Waals surface area contributed by atoms with E-state index >= 15 is 0 Å². The zero-order chi connectivity index (χ0) is 14.8. The van der Waals surface area contributed by atoms with Gasteiger partial charge in [-0.05, 0) is 17.5 Å². The van der Waals surface area contributed by atoms with Crippen molar-refractivity contribution in [2.24, 2.45) is 0 Å². The predicted octanol–water partition coefficient (Wildman–Crippen LogP) is 1.61. The summed E-state index contributed by atoms with van der Waals surface area (Å²) in [6, 6.07) is 8.88. The summed E-state index contributed by atoms with van der Waals surface area (Å²) in [4.78, 5) is 36.5. The van der Waals surface area contributed by atoms with Gasteiger partial charge in [0.2, 0.25) is 0 Å². The third-order valence-corrected chi connectivity index (χ3v) is 4.21. The van der Waals surface area contributed by atoms with Crippen molar-refractivity contribution in [1.29, 1.82) is 0 Å². The number of hydrogen-bond donors (Lipinski definition) is 1. The van der Waals surface area contributed by atoms with Gasteiger partial charge in [0.25, 0.3) is 5.91 Å². The van der Waals surface area contributed by atoms with Crippen molar-refractivity contribution in [2.45, 2.75) is 0 Å². The molecule has 7 heteroatoms. The molecule has 1 N–H and O–H groups in total. The molecule has 0 unspecified atom stereocenters. The van der Waals surface area contributed by atoms with E-state index in [0.29, 0.717) is 18.0 Å². The highest BCUT2D eigenvalue weighted by Crippen LogP contribution is 2.25. The average molecular weight is 304 g/mol. The van der Waals surface area contributed by atoms with Gasteiger partial charge in [-0.25, -0.2) is 9.59 Å². The van der Waals surface area contributed by atoms with E-state index in [1.807, 2.05) is 24.3 Å². The van der Waals surface area contributed by atoms with Gasteiger partial charge in [0.15, 0.2) is 6.61 Å². The molecule has 1 aromatic carbocycles. The maximum atomic E-state index is 11.9. The third kappa shape index (κ3) is 2.73. The summed E-state index contributed by atoms with van der Waals surface area (Å²) >= 11 is 1.31. The number of esters is 1. The largest absolute Gasteiger partial charge is 0.451 e. The highest BCUT2D eigenvalue weighted by molar-refractivity contribution is 7.20. The number of carbonyl (C=O) groups is 3. The molecule has 1 aromatic heterocycles. The van der Waals surface area contributed by atoms with Crippen LogP contribution in [0.15, 0.2) is 30.3 Å².